The number of hydrogen-bond acceptors (Lipinski definition) is 9. The van der Waals surface area contributed by atoms with Crippen molar-refractivity contribution < 1.29 is 39.1 Å². The van der Waals surface area contributed by atoms with E-state index < -0.39 is 30.4 Å². The summed E-state index contributed by atoms with van der Waals surface area (Å²) in [5.74, 6) is -0.871. The highest BCUT2D eigenvalue weighted by Gasteiger charge is 2.33. The maximum Gasteiger partial charge on any atom is 0.303 e. The van der Waals surface area contributed by atoms with E-state index in [1.807, 2.05) is 36.2 Å². The number of likely N-dealkylation sites (N-methyl/N-ethyl adjacent to an activating group) is 1. The highest BCUT2D eigenvalue weighted by molar-refractivity contribution is 5.94. The van der Waals surface area contributed by atoms with Crippen LogP contribution < -0.4 is 5.32 Å². The summed E-state index contributed by atoms with van der Waals surface area (Å²) in [6, 6.07) is 21.3. The number of phenolic OH excluding ortho intramolecular Hbond substituents is 1. The summed E-state index contributed by atoms with van der Waals surface area (Å²) >= 11 is 0. The molecule has 5 atom stereocenters. The number of nitrogens with zero attached hydrogens (tertiary/aromatic N) is 1. The van der Waals surface area contributed by atoms with Gasteiger partial charge < -0.3 is 39.7 Å². The molecule has 1 amide bonds. The first-order valence-electron chi connectivity index (χ1n) is 13.9. The number of benzene rings is 3. The van der Waals surface area contributed by atoms with E-state index in [1.165, 1.54) is 13.8 Å². The molecule has 0 radical (unpaired) electrons. The van der Waals surface area contributed by atoms with Gasteiger partial charge in [-0.1, -0.05) is 48.5 Å². The van der Waals surface area contributed by atoms with Gasteiger partial charge in [-0.2, -0.15) is 0 Å². The standard InChI is InChI=1S/C32H38N2O8/c1-20(40-21(2)36)31(39)33-26-13-11-24(12-14-26)32-41-28(16-30(42-32)23-9-7-22(19-35)8-10-23)17-34(3)18-29(38)25-5-4-6-27(37)15-25/h4-15,20,28-30,32,35,37-38H,16-19H2,1-3H3,(H,33,39)/t20-,28+,29+,30-,32-/m0/s1. The fourth-order valence-electron chi connectivity index (χ4n) is 4.86. The van der Waals surface area contributed by atoms with Crippen molar-refractivity contribution in [3.05, 3.63) is 95.1 Å². The summed E-state index contributed by atoms with van der Waals surface area (Å²) in [4.78, 5) is 25.5. The Morgan fingerprint density at radius 2 is 1.74 bits per heavy atom. The first-order chi connectivity index (χ1) is 20.1. The highest BCUT2D eigenvalue weighted by Crippen LogP contribution is 2.38. The molecule has 42 heavy (non-hydrogen) atoms. The molecule has 1 heterocycles. The molecule has 4 rings (SSSR count). The number of aromatic hydroxyl groups is 1. The normalized spacial score (nSPS) is 20.1. The van der Waals surface area contributed by atoms with Crippen LogP contribution in [0.1, 0.15) is 61.0 Å². The third-order valence-corrected chi connectivity index (χ3v) is 7.03. The van der Waals surface area contributed by atoms with Gasteiger partial charge in [-0.05, 0) is 54.9 Å². The largest absolute Gasteiger partial charge is 0.508 e. The van der Waals surface area contributed by atoms with Gasteiger partial charge in [0.15, 0.2) is 12.4 Å². The predicted molar refractivity (Wildman–Crippen MR) is 155 cm³/mol. The molecule has 0 bridgehead atoms. The molecule has 0 spiro atoms. The third kappa shape index (κ3) is 8.60. The minimum absolute atomic E-state index is 0.0466. The lowest BCUT2D eigenvalue weighted by molar-refractivity contribution is -0.252. The lowest BCUT2D eigenvalue weighted by Crippen LogP contribution is -2.39. The molecule has 3 aromatic rings. The van der Waals surface area contributed by atoms with E-state index in [2.05, 4.69) is 5.32 Å². The van der Waals surface area contributed by atoms with Crippen molar-refractivity contribution in [2.75, 3.05) is 25.5 Å². The van der Waals surface area contributed by atoms with Gasteiger partial charge in [0.2, 0.25) is 0 Å². The summed E-state index contributed by atoms with van der Waals surface area (Å²) in [6.07, 6.45) is -2.35. The van der Waals surface area contributed by atoms with E-state index in [0.29, 0.717) is 30.8 Å². The fraction of sp³-hybridized carbons (Fsp3) is 0.375. The van der Waals surface area contributed by atoms with Crippen molar-refractivity contribution in [1.29, 1.82) is 0 Å². The van der Waals surface area contributed by atoms with Crippen LogP contribution in [-0.2, 0) is 30.4 Å². The molecule has 1 fully saturated rings. The number of aliphatic hydroxyl groups excluding tert-OH is 2. The van der Waals surface area contributed by atoms with Crippen molar-refractivity contribution in [3.8, 4) is 5.75 Å². The van der Waals surface area contributed by atoms with Gasteiger partial charge in [0.1, 0.15) is 5.75 Å². The zero-order valence-electron chi connectivity index (χ0n) is 24.0. The van der Waals surface area contributed by atoms with Crippen LogP contribution in [0, 0.1) is 0 Å². The van der Waals surface area contributed by atoms with Crippen LogP contribution >= 0.6 is 0 Å². The van der Waals surface area contributed by atoms with E-state index in [0.717, 1.165) is 16.7 Å². The molecule has 10 heteroatoms. The van der Waals surface area contributed by atoms with Crippen molar-refractivity contribution in [2.45, 2.75) is 57.6 Å². The van der Waals surface area contributed by atoms with E-state index in [9.17, 15) is 24.9 Å². The molecular formula is C32H38N2O8. The number of phenols is 1. The Balaban J connectivity index is 1.47. The highest BCUT2D eigenvalue weighted by atomic mass is 16.7. The van der Waals surface area contributed by atoms with E-state index in [4.69, 9.17) is 14.2 Å². The van der Waals surface area contributed by atoms with Gasteiger partial charge in [0.25, 0.3) is 5.91 Å². The van der Waals surface area contributed by atoms with E-state index in [1.54, 1.807) is 48.5 Å². The van der Waals surface area contributed by atoms with Crippen LogP contribution in [0.4, 0.5) is 5.69 Å². The molecule has 4 N–H and O–H groups in total. The smallest absolute Gasteiger partial charge is 0.303 e. The van der Waals surface area contributed by atoms with Crippen LogP contribution in [0.2, 0.25) is 0 Å². The van der Waals surface area contributed by atoms with Gasteiger partial charge >= 0.3 is 5.97 Å². The maximum absolute atomic E-state index is 12.3. The van der Waals surface area contributed by atoms with Crippen molar-refractivity contribution >= 4 is 17.6 Å². The van der Waals surface area contributed by atoms with Crippen LogP contribution in [0.3, 0.4) is 0 Å². The lowest BCUT2D eigenvalue weighted by atomic mass is 9.99. The molecular weight excluding hydrogens is 540 g/mol. The molecule has 0 saturated carbocycles. The first kappa shape index (κ1) is 31.1. The SMILES string of the molecule is CC(=O)O[C@@H](C)C(=O)Nc1ccc([C@H]2O[C@@H](CN(C)C[C@@H](O)c3cccc(O)c3)C[C@@H](c3ccc(CO)cc3)O2)cc1. The van der Waals surface area contributed by atoms with Crippen molar-refractivity contribution in [3.63, 3.8) is 0 Å². The predicted octanol–water partition coefficient (Wildman–Crippen LogP) is 3.99. The second-order valence-corrected chi connectivity index (χ2v) is 10.5. The summed E-state index contributed by atoms with van der Waals surface area (Å²) < 4.78 is 17.7. The number of carbonyl (C=O) groups is 2. The monoisotopic (exact) mass is 578 g/mol. The second kappa shape index (κ2) is 14.4. The Morgan fingerprint density at radius 1 is 1.05 bits per heavy atom. The molecule has 0 aliphatic carbocycles. The molecule has 224 valence electrons. The summed E-state index contributed by atoms with van der Waals surface area (Å²) in [6.45, 7) is 3.56. The quantitative estimate of drug-likeness (QED) is 0.249. The average Bonchev–Trinajstić information content (AvgIpc) is 2.97. The molecule has 0 unspecified atom stereocenters. The van der Waals surface area contributed by atoms with E-state index in [-0.39, 0.29) is 24.6 Å². The molecule has 1 aliphatic heterocycles. The average molecular weight is 579 g/mol. The van der Waals surface area contributed by atoms with Gasteiger partial charge in [-0.3, -0.25) is 9.59 Å². The Bertz CT molecular complexity index is 1330. The molecule has 0 aromatic heterocycles. The van der Waals surface area contributed by atoms with Crippen LogP contribution in [0.25, 0.3) is 0 Å². The Morgan fingerprint density at radius 3 is 2.38 bits per heavy atom. The van der Waals surface area contributed by atoms with Crippen LogP contribution in [0.15, 0.2) is 72.8 Å². The number of esters is 1. The number of nitrogens with one attached hydrogen (secondary N) is 1. The summed E-state index contributed by atoms with van der Waals surface area (Å²) in [5, 5.41) is 32.7. The first-order valence-corrected chi connectivity index (χ1v) is 13.9. The van der Waals surface area contributed by atoms with Crippen molar-refractivity contribution in [1.82, 2.24) is 4.90 Å². The lowest BCUT2D eigenvalue weighted by Gasteiger charge is -2.38. The second-order valence-electron chi connectivity index (χ2n) is 10.5. The number of ether oxygens (including phenoxy) is 3. The number of amides is 1. The number of hydrogen-bond donors (Lipinski definition) is 4. The van der Waals surface area contributed by atoms with Gasteiger partial charge in [0.05, 0.1) is 24.9 Å². The molecule has 3 aromatic carbocycles. The Hall–Kier alpha value is -3.80. The van der Waals surface area contributed by atoms with Gasteiger partial charge in [0, 0.05) is 37.7 Å². The minimum Gasteiger partial charge on any atom is -0.508 e. The summed E-state index contributed by atoms with van der Waals surface area (Å²) in [5.41, 5.74) is 3.68. The molecule has 1 saturated heterocycles. The Kier molecular flexibility index (Phi) is 10.7. The van der Waals surface area contributed by atoms with Crippen molar-refractivity contribution in [2.24, 2.45) is 0 Å². The third-order valence-electron chi connectivity index (χ3n) is 7.03. The Labute approximate surface area is 245 Å². The number of rotatable bonds is 11. The number of anilines is 1. The number of aliphatic hydroxyl groups is 2. The maximum atomic E-state index is 12.3. The van der Waals surface area contributed by atoms with Crippen LogP contribution in [0.5, 0.6) is 5.75 Å². The fourth-order valence-corrected chi connectivity index (χ4v) is 4.86. The molecule has 1 aliphatic rings. The zero-order valence-corrected chi connectivity index (χ0v) is 24.0. The van der Waals surface area contributed by atoms with Gasteiger partial charge in [-0.15, -0.1) is 0 Å². The topological polar surface area (TPSA) is 138 Å². The minimum atomic E-state index is -0.922. The van der Waals surface area contributed by atoms with E-state index >= 15 is 0 Å². The zero-order chi connectivity index (χ0) is 30.2. The number of carbonyl (C=O) groups excluding carboxylic acids is 2. The van der Waals surface area contributed by atoms with Crippen LogP contribution in [-0.4, -0.2) is 64.4 Å². The van der Waals surface area contributed by atoms with Gasteiger partial charge in [-0.25, -0.2) is 0 Å². The summed E-state index contributed by atoms with van der Waals surface area (Å²) in [7, 11) is 1.90. The molecule has 10 nitrogen and oxygen atoms in total.